The molecule has 0 radical (unpaired) electrons. The van der Waals surface area contributed by atoms with E-state index in [-0.39, 0.29) is 28.9 Å². The van der Waals surface area contributed by atoms with Crippen molar-refractivity contribution in [1.82, 2.24) is 5.43 Å². The minimum atomic E-state index is -0.552. The van der Waals surface area contributed by atoms with Crippen LogP contribution in [0.3, 0.4) is 0 Å². The van der Waals surface area contributed by atoms with E-state index in [1.807, 2.05) is 0 Å². The van der Waals surface area contributed by atoms with E-state index < -0.39 is 4.92 Å². The number of nitro benzene ring substituents is 1. The number of hydrogen-bond acceptors (Lipinski definition) is 5. The summed E-state index contributed by atoms with van der Waals surface area (Å²) in [5.74, 6) is -0.644. The summed E-state index contributed by atoms with van der Waals surface area (Å²) in [6.07, 6.45) is 0.405. The lowest BCUT2D eigenvalue weighted by Crippen LogP contribution is -2.10. The van der Waals surface area contributed by atoms with Crippen molar-refractivity contribution in [2.75, 3.05) is 0 Å². The van der Waals surface area contributed by atoms with Crippen molar-refractivity contribution >= 4 is 11.4 Å². The highest BCUT2D eigenvalue weighted by molar-refractivity contribution is 6.04. The molecule has 0 saturated carbocycles. The third-order valence-corrected chi connectivity index (χ3v) is 3.51. The fraction of sp³-hybridized carbons (Fsp3) is 0.133. The summed E-state index contributed by atoms with van der Waals surface area (Å²) in [6, 6.07) is 9.36. The molecule has 7 heteroatoms. The SMILES string of the molecule is O=[N+]([O-])c1ccc([O-])c(C2=NN[C@H](c3ccc(F)cc3)C2)c1. The molecule has 22 heavy (non-hydrogen) atoms. The van der Waals surface area contributed by atoms with E-state index in [0.29, 0.717) is 12.1 Å². The van der Waals surface area contributed by atoms with Gasteiger partial charge in [-0.15, -0.1) is 0 Å². The molecule has 1 atom stereocenters. The monoisotopic (exact) mass is 300 g/mol. The molecule has 0 unspecified atom stereocenters. The number of rotatable bonds is 3. The Morgan fingerprint density at radius 2 is 1.95 bits per heavy atom. The van der Waals surface area contributed by atoms with E-state index in [9.17, 15) is 19.6 Å². The van der Waals surface area contributed by atoms with Crippen LogP contribution in [0.1, 0.15) is 23.6 Å². The lowest BCUT2D eigenvalue weighted by Gasteiger charge is -2.13. The van der Waals surface area contributed by atoms with Gasteiger partial charge in [0.1, 0.15) is 5.82 Å². The lowest BCUT2D eigenvalue weighted by atomic mass is 9.98. The van der Waals surface area contributed by atoms with Crippen LogP contribution in [-0.2, 0) is 0 Å². The minimum Gasteiger partial charge on any atom is -0.872 e. The molecule has 1 aliphatic heterocycles. The third kappa shape index (κ3) is 2.60. The largest absolute Gasteiger partial charge is 0.872 e. The molecule has 112 valence electrons. The molecule has 1 aliphatic rings. The van der Waals surface area contributed by atoms with E-state index in [2.05, 4.69) is 10.5 Å². The Hall–Kier alpha value is -2.96. The molecule has 0 aliphatic carbocycles. The molecule has 6 nitrogen and oxygen atoms in total. The average molecular weight is 300 g/mol. The number of nitro groups is 1. The van der Waals surface area contributed by atoms with E-state index in [1.165, 1.54) is 30.3 Å². The molecule has 0 bridgehead atoms. The van der Waals surface area contributed by atoms with Gasteiger partial charge in [-0.25, -0.2) is 4.39 Å². The molecule has 0 saturated heterocycles. The Morgan fingerprint density at radius 3 is 2.64 bits per heavy atom. The number of nitrogens with zero attached hydrogens (tertiary/aromatic N) is 2. The van der Waals surface area contributed by atoms with Crippen LogP contribution in [0.15, 0.2) is 47.6 Å². The van der Waals surface area contributed by atoms with Gasteiger partial charge in [-0.1, -0.05) is 23.9 Å². The van der Waals surface area contributed by atoms with Crippen LogP contribution in [0.4, 0.5) is 10.1 Å². The fourth-order valence-electron chi connectivity index (χ4n) is 2.36. The van der Waals surface area contributed by atoms with Gasteiger partial charge >= 0.3 is 0 Å². The second-order valence-electron chi connectivity index (χ2n) is 4.93. The van der Waals surface area contributed by atoms with E-state index in [4.69, 9.17) is 0 Å². The van der Waals surface area contributed by atoms with Crippen LogP contribution in [0, 0.1) is 15.9 Å². The highest BCUT2D eigenvalue weighted by atomic mass is 19.1. The number of benzene rings is 2. The second-order valence-corrected chi connectivity index (χ2v) is 4.93. The molecule has 0 spiro atoms. The Labute approximate surface area is 125 Å². The van der Waals surface area contributed by atoms with Crippen molar-refractivity contribution in [3.63, 3.8) is 0 Å². The van der Waals surface area contributed by atoms with Gasteiger partial charge in [-0.05, 0) is 23.3 Å². The van der Waals surface area contributed by atoms with Crippen molar-refractivity contribution in [3.05, 3.63) is 69.5 Å². The van der Waals surface area contributed by atoms with Gasteiger partial charge in [-0.3, -0.25) is 10.1 Å². The number of non-ortho nitro benzene ring substituents is 1. The van der Waals surface area contributed by atoms with E-state index in [1.54, 1.807) is 12.1 Å². The smallest absolute Gasteiger partial charge is 0.270 e. The van der Waals surface area contributed by atoms with Crippen molar-refractivity contribution in [3.8, 4) is 5.75 Å². The van der Waals surface area contributed by atoms with Gasteiger partial charge in [0.2, 0.25) is 0 Å². The first-order chi connectivity index (χ1) is 10.5. The third-order valence-electron chi connectivity index (χ3n) is 3.51. The van der Waals surface area contributed by atoms with Crippen LogP contribution >= 0.6 is 0 Å². The van der Waals surface area contributed by atoms with Crippen LogP contribution in [-0.4, -0.2) is 10.6 Å². The molecular formula is C15H11FN3O3-. The van der Waals surface area contributed by atoms with Gasteiger partial charge in [0.05, 0.1) is 16.7 Å². The Morgan fingerprint density at radius 1 is 1.23 bits per heavy atom. The predicted molar refractivity (Wildman–Crippen MR) is 76.0 cm³/mol. The number of hydrazone groups is 1. The summed E-state index contributed by atoms with van der Waals surface area (Å²) >= 11 is 0. The highest BCUT2D eigenvalue weighted by Crippen LogP contribution is 2.29. The summed E-state index contributed by atoms with van der Waals surface area (Å²) in [6.45, 7) is 0. The highest BCUT2D eigenvalue weighted by Gasteiger charge is 2.22. The Balaban J connectivity index is 1.84. The normalized spacial score (nSPS) is 17.0. The topological polar surface area (TPSA) is 90.6 Å². The molecule has 0 amide bonds. The molecule has 3 rings (SSSR count). The fourth-order valence-corrected chi connectivity index (χ4v) is 2.36. The summed E-state index contributed by atoms with van der Waals surface area (Å²) < 4.78 is 12.9. The second kappa shape index (κ2) is 5.44. The summed E-state index contributed by atoms with van der Waals surface area (Å²) in [5, 5.41) is 26.8. The van der Waals surface area contributed by atoms with Crippen LogP contribution in [0.5, 0.6) is 5.75 Å². The van der Waals surface area contributed by atoms with Crippen LogP contribution < -0.4 is 10.5 Å². The summed E-state index contributed by atoms with van der Waals surface area (Å²) in [5.41, 5.74) is 4.23. The molecular weight excluding hydrogens is 289 g/mol. The van der Waals surface area contributed by atoms with Crippen molar-refractivity contribution in [1.29, 1.82) is 0 Å². The van der Waals surface area contributed by atoms with Gasteiger partial charge in [-0.2, -0.15) is 5.10 Å². The molecule has 1 heterocycles. The molecule has 1 N–H and O–H groups in total. The lowest BCUT2D eigenvalue weighted by molar-refractivity contribution is -0.385. The first-order valence-corrected chi connectivity index (χ1v) is 6.58. The van der Waals surface area contributed by atoms with Crippen molar-refractivity contribution < 1.29 is 14.4 Å². The van der Waals surface area contributed by atoms with Gasteiger partial charge in [0.15, 0.2) is 0 Å². The maximum absolute atomic E-state index is 12.9. The van der Waals surface area contributed by atoms with Gasteiger partial charge < -0.3 is 10.5 Å². The zero-order chi connectivity index (χ0) is 15.7. The Bertz CT molecular complexity index is 759. The van der Waals surface area contributed by atoms with Crippen LogP contribution in [0.25, 0.3) is 0 Å². The average Bonchev–Trinajstić information content (AvgIpc) is 2.98. The predicted octanol–water partition coefficient (Wildman–Crippen LogP) is 2.25. The minimum absolute atomic E-state index is 0.150. The zero-order valence-corrected chi connectivity index (χ0v) is 11.3. The molecule has 2 aromatic carbocycles. The maximum Gasteiger partial charge on any atom is 0.270 e. The molecule has 0 aromatic heterocycles. The quantitative estimate of drug-likeness (QED) is 0.695. The number of nitrogens with one attached hydrogen (secondary N) is 1. The number of hydrogen-bond donors (Lipinski definition) is 1. The summed E-state index contributed by atoms with van der Waals surface area (Å²) in [7, 11) is 0. The summed E-state index contributed by atoms with van der Waals surface area (Å²) in [4.78, 5) is 10.3. The standard InChI is InChI=1S/C15H12FN3O3/c16-10-3-1-9(2-4-10)13-8-14(18-17-13)12-7-11(19(21)22)5-6-15(12)20/h1-7,13,17,20H,8H2/p-1/t13-/m0/s1. The van der Waals surface area contributed by atoms with Gasteiger partial charge in [0, 0.05) is 18.6 Å². The van der Waals surface area contributed by atoms with E-state index in [0.717, 1.165) is 5.56 Å². The van der Waals surface area contributed by atoms with E-state index >= 15 is 0 Å². The van der Waals surface area contributed by atoms with Crippen molar-refractivity contribution in [2.24, 2.45) is 5.10 Å². The zero-order valence-electron chi connectivity index (χ0n) is 11.3. The number of halogens is 1. The maximum atomic E-state index is 12.9. The molecule has 0 fully saturated rings. The molecule has 2 aromatic rings. The first kappa shape index (κ1) is 14.0. The van der Waals surface area contributed by atoms with Crippen molar-refractivity contribution in [2.45, 2.75) is 12.5 Å². The van der Waals surface area contributed by atoms with Crippen LogP contribution in [0.2, 0.25) is 0 Å². The first-order valence-electron chi connectivity index (χ1n) is 6.58. The Kier molecular flexibility index (Phi) is 3.46. The van der Waals surface area contributed by atoms with Gasteiger partial charge in [0.25, 0.3) is 5.69 Å².